The molecule has 0 saturated carbocycles. The molecule has 1 nitrogen and oxygen atoms in total. The average molecular weight is 502 g/mol. The summed E-state index contributed by atoms with van der Waals surface area (Å²) in [7, 11) is 0. The Morgan fingerprint density at radius 2 is 1.08 bits per heavy atom. The minimum atomic E-state index is 1.10. The zero-order chi connectivity index (χ0) is 26.9. The van der Waals surface area contributed by atoms with Crippen molar-refractivity contribution in [2.24, 2.45) is 0 Å². The van der Waals surface area contributed by atoms with Crippen LogP contribution in [0.15, 0.2) is 116 Å². The summed E-state index contributed by atoms with van der Waals surface area (Å²) < 4.78 is 2.40. The molecular weight excluding hydrogens is 470 g/mol. The van der Waals surface area contributed by atoms with E-state index in [-0.39, 0.29) is 0 Å². The smallest absolute Gasteiger partial charge is 0.0541 e. The zero-order valence-electron chi connectivity index (χ0n) is 22.5. The lowest BCUT2D eigenvalue weighted by Crippen LogP contribution is -1.99. The van der Waals surface area contributed by atoms with Gasteiger partial charge in [-0.2, -0.15) is 0 Å². The van der Waals surface area contributed by atoms with E-state index in [0.717, 1.165) is 11.1 Å². The molecule has 6 aromatic rings. The van der Waals surface area contributed by atoms with E-state index in [1.807, 2.05) is 12.2 Å². The highest BCUT2D eigenvalue weighted by atomic mass is 15.0. The second-order valence-electron chi connectivity index (χ2n) is 9.82. The second kappa shape index (κ2) is 10.1. The van der Waals surface area contributed by atoms with Gasteiger partial charge in [0.1, 0.15) is 0 Å². The number of benzene rings is 5. The van der Waals surface area contributed by atoms with E-state index in [1.54, 1.807) is 0 Å². The van der Waals surface area contributed by atoms with E-state index in [0.29, 0.717) is 0 Å². The molecule has 0 atom stereocenters. The van der Waals surface area contributed by atoms with Crippen molar-refractivity contribution in [1.29, 1.82) is 0 Å². The number of hydrogen-bond acceptors (Lipinski definition) is 0. The highest BCUT2D eigenvalue weighted by molar-refractivity contribution is 6.10. The van der Waals surface area contributed by atoms with E-state index in [2.05, 4.69) is 147 Å². The molecular formula is C38H31N. The van der Waals surface area contributed by atoms with Gasteiger partial charge in [-0.1, -0.05) is 122 Å². The summed E-state index contributed by atoms with van der Waals surface area (Å²) in [5.74, 6) is 0. The molecule has 1 aromatic heterocycles. The number of rotatable bonds is 6. The average Bonchev–Trinajstić information content (AvgIpc) is 3.32. The third kappa shape index (κ3) is 3.95. The SMILES string of the molecule is C=Cc1c(C=C)c(/C=C(\C)c2ccccc2-n2c3ccccc3c3ccccc32)c2ccccc2c1/C=C\C. The monoisotopic (exact) mass is 501 g/mol. The largest absolute Gasteiger partial charge is 0.309 e. The van der Waals surface area contributed by atoms with Crippen LogP contribution in [-0.2, 0) is 0 Å². The quantitative estimate of drug-likeness (QED) is 0.200. The van der Waals surface area contributed by atoms with Gasteiger partial charge < -0.3 is 4.57 Å². The number of aromatic nitrogens is 1. The van der Waals surface area contributed by atoms with Crippen LogP contribution >= 0.6 is 0 Å². The van der Waals surface area contributed by atoms with Gasteiger partial charge in [0.2, 0.25) is 0 Å². The lowest BCUT2D eigenvalue weighted by molar-refractivity contribution is 1.17. The summed E-state index contributed by atoms with van der Waals surface area (Å²) in [5, 5.41) is 4.95. The first kappa shape index (κ1) is 24.5. The molecule has 0 saturated heterocycles. The summed E-state index contributed by atoms with van der Waals surface area (Å²) in [6, 6.07) is 34.7. The second-order valence-corrected chi connectivity index (χ2v) is 9.82. The molecule has 0 spiro atoms. The summed E-state index contributed by atoms with van der Waals surface area (Å²) in [6.07, 6.45) is 10.5. The van der Waals surface area contributed by atoms with Crippen molar-refractivity contribution < 1.29 is 0 Å². The molecule has 1 heterocycles. The van der Waals surface area contributed by atoms with Crippen LogP contribution in [0.25, 0.3) is 68.1 Å². The van der Waals surface area contributed by atoms with Gasteiger partial charge in [-0.05, 0) is 70.6 Å². The maximum atomic E-state index is 4.21. The van der Waals surface area contributed by atoms with Crippen molar-refractivity contribution in [2.45, 2.75) is 13.8 Å². The molecule has 0 aliphatic carbocycles. The van der Waals surface area contributed by atoms with Crippen LogP contribution in [0.2, 0.25) is 0 Å². The van der Waals surface area contributed by atoms with Crippen LogP contribution < -0.4 is 0 Å². The number of nitrogens with zero attached hydrogens (tertiary/aromatic N) is 1. The fourth-order valence-electron chi connectivity index (χ4n) is 5.95. The van der Waals surface area contributed by atoms with Gasteiger partial charge in [0.25, 0.3) is 0 Å². The molecule has 0 radical (unpaired) electrons. The Kier molecular flexibility index (Phi) is 6.34. The van der Waals surface area contributed by atoms with Gasteiger partial charge >= 0.3 is 0 Å². The number of fused-ring (bicyclic) bond motifs is 4. The van der Waals surface area contributed by atoms with Crippen molar-refractivity contribution >= 4 is 62.5 Å². The van der Waals surface area contributed by atoms with E-state index in [4.69, 9.17) is 0 Å². The van der Waals surface area contributed by atoms with Crippen LogP contribution in [-0.4, -0.2) is 4.57 Å². The van der Waals surface area contributed by atoms with Gasteiger partial charge in [0, 0.05) is 16.3 Å². The molecule has 5 aromatic carbocycles. The summed E-state index contributed by atoms with van der Waals surface area (Å²) in [6.45, 7) is 12.6. The molecule has 0 bridgehead atoms. The van der Waals surface area contributed by atoms with Gasteiger partial charge in [-0.15, -0.1) is 0 Å². The fraction of sp³-hybridized carbons (Fsp3) is 0.0526. The molecule has 6 rings (SSSR count). The topological polar surface area (TPSA) is 4.93 Å². The van der Waals surface area contributed by atoms with Crippen molar-refractivity contribution in [3.63, 3.8) is 0 Å². The number of para-hydroxylation sites is 3. The molecule has 0 aliphatic heterocycles. The van der Waals surface area contributed by atoms with Gasteiger partial charge in [0.05, 0.1) is 16.7 Å². The maximum absolute atomic E-state index is 4.21. The third-order valence-corrected chi connectivity index (χ3v) is 7.63. The van der Waals surface area contributed by atoms with Crippen LogP contribution in [0, 0.1) is 0 Å². The Balaban J connectivity index is 1.65. The first-order valence-electron chi connectivity index (χ1n) is 13.4. The molecule has 1 heteroatoms. The van der Waals surface area contributed by atoms with Gasteiger partial charge in [-0.3, -0.25) is 0 Å². The first-order chi connectivity index (χ1) is 19.2. The van der Waals surface area contributed by atoms with Crippen molar-refractivity contribution in [2.75, 3.05) is 0 Å². The minimum Gasteiger partial charge on any atom is -0.309 e. The molecule has 188 valence electrons. The Bertz CT molecular complexity index is 1910. The molecule has 39 heavy (non-hydrogen) atoms. The van der Waals surface area contributed by atoms with Crippen molar-refractivity contribution in [3.05, 3.63) is 144 Å². The molecule has 0 fully saturated rings. The predicted octanol–water partition coefficient (Wildman–Crippen LogP) is 10.8. The lowest BCUT2D eigenvalue weighted by Gasteiger charge is -2.18. The number of hydrogen-bond donors (Lipinski definition) is 0. The van der Waals surface area contributed by atoms with Crippen molar-refractivity contribution in [3.8, 4) is 5.69 Å². The third-order valence-electron chi connectivity index (χ3n) is 7.63. The molecule has 0 N–H and O–H groups in total. The Morgan fingerprint density at radius 1 is 0.590 bits per heavy atom. The van der Waals surface area contributed by atoms with E-state index in [9.17, 15) is 0 Å². The first-order valence-corrected chi connectivity index (χ1v) is 13.4. The predicted molar refractivity (Wildman–Crippen MR) is 173 cm³/mol. The van der Waals surface area contributed by atoms with Crippen LogP contribution in [0.3, 0.4) is 0 Å². The van der Waals surface area contributed by atoms with Crippen LogP contribution in [0.5, 0.6) is 0 Å². The van der Waals surface area contributed by atoms with Crippen LogP contribution in [0.4, 0.5) is 0 Å². The van der Waals surface area contributed by atoms with Crippen molar-refractivity contribution in [1.82, 2.24) is 4.57 Å². The van der Waals surface area contributed by atoms with E-state index in [1.165, 1.54) is 60.5 Å². The fourth-order valence-corrected chi connectivity index (χ4v) is 5.95. The zero-order valence-corrected chi connectivity index (χ0v) is 22.5. The summed E-state index contributed by atoms with van der Waals surface area (Å²) >= 11 is 0. The highest BCUT2D eigenvalue weighted by Crippen LogP contribution is 2.38. The maximum Gasteiger partial charge on any atom is 0.0541 e. The van der Waals surface area contributed by atoms with E-state index < -0.39 is 0 Å². The highest BCUT2D eigenvalue weighted by Gasteiger charge is 2.17. The molecule has 0 amide bonds. The molecule has 0 aliphatic rings. The number of allylic oxidation sites excluding steroid dienone is 2. The lowest BCUT2D eigenvalue weighted by atomic mass is 9.87. The minimum absolute atomic E-state index is 1.10. The standard InChI is InChI=1S/C38H31N/c1-5-16-30-27(6-2)28(7-3)35(32-19-9-8-18-31(30)32)25-26(4)29-17-10-13-22-36(29)39-37-23-14-11-20-33(37)34-21-12-15-24-38(34)39/h5-25H,2-3H2,1,4H3/b16-5-,26-25+. The summed E-state index contributed by atoms with van der Waals surface area (Å²) in [5.41, 5.74) is 10.5. The Hall–Kier alpha value is -4.88. The summed E-state index contributed by atoms with van der Waals surface area (Å²) in [4.78, 5) is 0. The van der Waals surface area contributed by atoms with Crippen LogP contribution in [0.1, 0.15) is 41.7 Å². The van der Waals surface area contributed by atoms with Gasteiger partial charge in [0.15, 0.2) is 0 Å². The van der Waals surface area contributed by atoms with E-state index >= 15 is 0 Å². The van der Waals surface area contributed by atoms with Gasteiger partial charge in [-0.25, -0.2) is 0 Å². The normalized spacial score (nSPS) is 12.1. The Labute approximate surface area is 230 Å². The molecule has 0 unspecified atom stereocenters. The Morgan fingerprint density at radius 3 is 1.67 bits per heavy atom.